The molecule has 1 aromatic heterocycles. The van der Waals surface area contributed by atoms with Crippen LogP contribution in [0, 0.1) is 6.92 Å². The Morgan fingerprint density at radius 2 is 1.87 bits per heavy atom. The smallest absolute Gasteiger partial charge is 0.336 e. The Morgan fingerprint density at radius 3 is 2.57 bits per heavy atom. The molecule has 2 aromatic carbocycles. The first-order valence-corrected chi connectivity index (χ1v) is 10.3. The summed E-state index contributed by atoms with van der Waals surface area (Å²) in [5.74, 6) is 0.229. The second-order valence-corrected chi connectivity index (χ2v) is 8.11. The molecule has 0 saturated heterocycles. The van der Waals surface area contributed by atoms with Crippen molar-refractivity contribution in [3.63, 3.8) is 0 Å². The number of halogens is 2. The lowest BCUT2D eigenvalue weighted by atomic mass is 10.0. The summed E-state index contributed by atoms with van der Waals surface area (Å²) < 4.78 is 16.6. The first-order chi connectivity index (χ1) is 14.2. The highest BCUT2D eigenvalue weighted by molar-refractivity contribution is 6.35. The molecule has 0 aliphatic carbocycles. The minimum Gasteiger partial charge on any atom is -0.488 e. The van der Waals surface area contributed by atoms with E-state index in [4.69, 9.17) is 37.1 Å². The number of aryl methyl sites for hydroxylation is 2. The lowest BCUT2D eigenvalue weighted by Gasteiger charge is -2.14. The first kappa shape index (κ1) is 22.2. The molecule has 30 heavy (non-hydrogen) atoms. The van der Waals surface area contributed by atoms with E-state index in [-0.39, 0.29) is 25.1 Å². The van der Waals surface area contributed by atoms with Gasteiger partial charge in [-0.1, -0.05) is 29.3 Å². The number of ether oxygens (including phenoxy) is 2. The lowest BCUT2D eigenvalue weighted by molar-refractivity contribution is -0.147. The largest absolute Gasteiger partial charge is 0.488 e. The maximum atomic E-state index is 12.0. The highest BCUT2D eigenvalue weighted by Crippen LogP contribution is 2.30. The van der Waals surface area contributed by atoms with Crippen molar-refractivity contribution in [2.24, 2.45) is 0 Å². The summed E-state index contributed by atoms with van der Waals surface area (Å²) in [6.45, 7) is 5.65. The van der Waals surface area contributed by atoms with Crippen molar-refractivity contribution in [3.8, 4) is 5.75 Å². The monoisotopic (exact) mass is 448 g/mol. The van der Waals surface area contributed by atoms with Crippen LogP contribution in [0.25, 0.3) is 11.0 Å². The number of fused-ring (bicyclic) bond motifs is 1. The summed E-state index contributed by atoms with van der Waals surface area (Å²) >= 11 is 12.2. The van der Waals surface area contributed by atoms with E-state index in [0.717, 1.165) is 22.1 Å². The molecule has 3 rings (SSSR count). The topological polar surface area (TPSA) is 65.7 Å². The van der Waals surface area contributed by atoms with Gasteiger partial charge in [-0.3, -0.25) is 4.79 Å². The summed E-state index contributed by atoms with van der Waals surface area (Å²) in [4.78, 5) is 23.8. The number of hydrogen-bond acceptors (Lipinski definition) is 5. The van der Waals surface area contributed by atoms with Crippen LogP contribution in [0.15, 0.2) is 45.6 Å². The van der Waals surface area contributed by atoms with E-state index in [9.17, 15) is 9.59 Å². The van der Waals surface area contributed by atoms with Crippen LogP contribution in [-0.4, -0.2) is 12.1 Å². The van der Waals surface area contributed by atoms with Crippen LogP contribution in [0.3, 0.4) is 0 Å². The fraction of sp³-hybridized carbons (Fsp3) is 0.304. The van der Waals surface area contributed by atoms with Crippen molar-refractivity contribution < 1.29 is 18.7 Å². The number of rotatable bonds is 7. The van der Waals surface area contributed by atoms with Gasteiger partial charge >= 0.3 is 11.6 Å². The van der Waals surface area contributed by atoms with Gasteiger partial charge in [0, 0.05) is 39.5 Å². The minimum atomic E-state index is -0.431. The van der Waals surface area contributed by atoms with Crippen LogP contribution in [0.1, 0.15) is 37.0 Å². The van der Waals surface area contributed by atoms with Crippen LogP contribution in [0.5, 0.6) is 5.75 Å². The average Bonchev–Trinajstić information content (AvgIpc) is 2.65. The number of esters is 1. The number of hydrogen-bond donors (Lipinski definition) is 0. The second kappa shape index (κ2) is 9.54. The van der Waals surface area contributed by atoms with Crippen LogP contribution >= 0.6 is 23.2 Å². The van der Waals surface area contributed by atoms with Crippen LogP contribution in [-0.2, 0) is 22.6 Å². The quantitative estimate of drug-likeness (QED) is 0.333. The molecule has 3 aromatic rings. The van der Waals surface area contributed by atoms with Crippen molar-refractivity contribution >= 4 is 40.1 Å². The molecule has 0 spiro atoms. The van der Waals surface area contributed by atoms with Crippen LogP contribution in [0.4, 0.5) is 0 Å². The van der Waals surface area contributed by atoms with Crippen molar-refractivity contribution in [2.45, 2.75) is 46.3 Å². The highest BCUT2D eigenvalue weighted by atomic mass is 35.5. The van der Waals surface area contributed by atoms with Crippen molar-refractivity contribution in [1.82, 2.24) is 0 Å². The number of carbonyl (C=O) groups is 1. The summed E-state index contributed by atoms with van der Waals surface area (Å²) in [5.41, 5.74) is 2.35. The Labute approximate surface area is 184 Å². The zero-order valence-electron chi connectivity index (χ0n) is 17.0. The van der Waals surface area contributed by atoms with E-state index in [1.54, 1.807) is 24.3 Å². The minimum absolute atomic E-state index is 0.173. The molecule has 0 aliphatic heterocycles. The van der Waals surface area contributed by atoms with Crippen LogP contribution in [0.2, 0.25) is 10.0 Å². The van der Waals surface area contributed by atoms with Gasteiger partial charge in [-0.05, 0) is 56.5 Å². The fourth-order valence-corrected chi connectivity index (χ4v) is 3.54. The van der Waals surface area contributed by atoms with Gasteiger partial charge in [-0.25, -0.2) is 4.79 Å². The Hall–Kier alpha value is -2.50. The normalized spacial score (nSPS) is 11.1. The first-order valence-electron chi connectivity index (χ1n) is 9.56. The molecule has 7 heteroatoms. The van der Waals surface area contributed by atoms with Gasteiger partial charge in [0.15, 0.2) is 0 Å². The third-order valence-electron chi connectivity index (χ3n) is 4.50. The van der Waals surface area contributed by atoms with Crippen molar-refractivity contribution in [1.29, 1.82) is 0 Å². The molecule has 0 bridgehead atoms. The number of benzene rings is 2. The van der Waals surface area contributed by atoms with Crippen molar-refractivity contribution in [3.05, 3.63) is 73.6 Å². The fourth-order valence-electron chi connectivity index (χ4n) is 3.07. The molecule has 0 atom stereocenters. The summed E-state index contributed by atoms with van der Waals surface area (Å²) in [7, 11) is 0. The molecule has 0 fully saturated rings. The molecular formula is C23H22Cl2O5. The maximum absolute atomic E-state index is 12.0. The zero-order chi connectivity index (χ0) is 21.8. The van der Waals surface area contributed by atoms with Crippen LogP contribution < -0.4 is 10.4 Å². The third-order valence-corrected chi connectivity index (χ3v) is 5.08. The van der Waals surface area contributed by atoms with Gasteiger partial charge in [0.25, 0.3) is 0 Å². The molecule has 0 radical (unpaired) electrons. The van der Waals surface area contributed by atoms with E-state index in [0.29, 0.717) is 27.8 Å². The van der Waals surface area contributed by atoms with E-state index < -0.39 is 5.63 Å². The number of carbonyl (C=O) groups excluding carboxylic acids is 1. The van der Waals surface area contributed by atoms with Gasteiger partial charge in [0.2, 0.25) is 0 Å². The molecule has 158 valence electrons. The van der Waals surface area contributed by atoms with Gasteiger partial charge in [-0.15, -0.1) is 0 Å². The zero-order valence-corrected chi connectivity index (χ0v) is 18.5. The molecule has 0 aliphatic rings. The molecule has 5 nitrogen and oxygen atoms in total. The SMILES string of the molecule is Cc1cc(=O)oc2cc(OCc3ccc(Cl)cc3Cl)c(CCC(=O)OC(C)C)cc12. The molecule has 0 N–H and O–H groups in total. The Balaban J connectivity index is 1.92. The summed E-state index contributed by atoms with van der Waals surface area (Å²) in [6, 6.07) is 10.2. The molecule has 0 amide bonds. The van der Waals surface area contributed by atoms with Gasteiger partial charge in [-0.2, -0.15) is 0 Å². The third kappa shape index (κ3) is 5.55. The average molecular weight is 449 g/mol. The highest BCUT2D eigenvalue weighted by Gasteiger charge is 2.14. The second-order valence-electron chi connectivity index (χ2n) is 7.27. The molecular weight excluding hydrogens is 427 g/mol. The maximum Gasteiger partial charge on any atom is 0.336 e. The van der Waals surface area contributed by atoms with Gasteiger partial charge in [0.05, 0.1) is 6.10 Å². The molecule has 0 unspecified atom stereocenters. The Bertz CT molecular complexity index is 1130. The molecule has 1 heterocycles. The Kier molecular flexibility index (Phi) is 7.06. The summed E-state index contributed by atoms with van der Waals surface area (Å²) in [6.07, 6.45) is 0.454. The van der Waals surface area contributed by atoms with Gasteiger partial charge in [0.1, 0.15) is 17.9 Å². The Morgan fingerprint density at radius 1 is 1.10 bits per heavy atom. The van der Waals surface area contributed by atoms with E-state index in [1.165, 1.54) is 6.07 Å². The van der Waals surface area contributed by atoms with Crippen molar-refractivity contribution in [2.75, 3.05) is 0 Å². The van der Waals surface area contributed by atoms with E-state index in [1.807, 2.05) is 26.8 Å². The van der Waals surface area contributed by atoms with E-state index >= 15 is 0 Å². The predicted molar refractivity (Wildman–Crippen MR) is 118 cm³/mol. The summed E-state index contributed by atoms with van der Waals surface area (Å²) in [5, 5.41) is 1.82. The van der Waals surface area contributed by atoms with E-state index in [2.05, 4.69) is 0 Å². The standard InChI is InChI=1S/C23H22Cl2O5/c1-13(2)29-22(26)7-5-15-9-18-14(3)8-23(27)30-21(18)11-20(15)28-12-16-4-6-17(24)10-19(16)25/h4,6,8-11,13H,5,7,12H2,1-3H3. The van der Waals surface area contributed by atoms with Gasteiger partial charge < -0.3 is 13.9 Å². The predicted octanol–water partition coefficient (Wildman–Crippen LogP) is 5.87. The lowest BCUT2D eigenvalue weighted by Crippen LogP contribution is -2.12. The molecule has 0 saturated carbocycles.